The first-order valence-electron chi connectivity index (χ1n) is 5.83. The van der Waals surface area contributed by atoms with Crippen molar-refractivity contribution in [2.24, 2.45) is 11.7 Å². The summed E-state index contributed by atoms with van der Waals surface area (Å²) in [6.07, 6.45) is 4.36. The predicted octanol–water partition coefficient (Wildman–Crippen LogP) is 2.27. The van der Waals surface area contributed by atoms with Gasteiger partial charge in [0, 0.05) is 18.4 Å². The van der Waals surface area contributed by atoms with Crippen molar-refractivity contribution in [1.29, 1.82) is 0 Å². The molecule has 0 aromatic carbocycles. The molecule has 92 valence electrons. The maximum atomic E-state index is 5.56. The molecule has 17 heavy (non-hydrogen) atoms. The van der Waals surface area contributed by atoms with E-state index in [-0.39, 0.29) is 0 Å². The molecule has 1 aromatic rings. The molecule has 1 fully saturated rings. The molecule has 1 aromatic heterocycles. The molecule has 1 aliphatic rings. The highest BCUT2D eigenvalue weighted by Crippen LogP contribution is 2.23. The lowest BCUT2D eigenvalue weighted by atomic mass is 10.0. The smallest absolute Gasteiger partial charge is 0.122 e. The first-order chi connectivity index (χ1) is 8.25. The monoisotopic (exact) mass is 267 g/mol. The summed E-state index contributed by atoms with van der Waals surface area (Å²) < 4.78 is 0. The number of hydrogen-bond acceptors (Lipinski definition) is 4. The van der Waals surface area contributed by atoms with Crippen molar-refractivity contribution >= 4 is 34.7 Å². The summed E-state index contributed by atoms with van der Waals surface area (Å²) in [6, 6.07) is 3.87. The van der Waals surface area contributed by atoms with Crippen LogP contribution in [0.4, 0.5) is 5.69 Å². The number of nitrogens with two attached hydrogens (primary N) is 1. The molecule has 0 spiro atoms. The van der Waals surface area contributed by atoms with Crippen molar-refractivity contribution < 1.29 is 0 Å². The minimum atomic E-state index is 0.350. The van der Waals surface area contributed by atoms with Gasteiger partial charge < -0.3 is 11.1 Å². The highest BCUT2D eigenvalue weighted by atomic mass is 32.2. The second-order valence-corrected chi connectivity index (χ2v) is 5.90. The summed E-state index contributed by atoms with van der Waals surface area (Å²) in [4.78, 5) is 4.47. The zero-order chi connectivity index (χ0) is 12.1. The number of pyridine rings is 1. The predicted molar refractivity (Wildman–Crippen MR) is 78.7 cm³/mol. The maximum Gasteiger partial charge on any atom is 0.122 e. The summed E-state index contributed by atoms with van der Waals surface area (Å²) in [7, 11) is 0. The van der Waals surface area contributed by atoms with Gasteiger partial charge in [-0.15, -0.1) is 0 Å². The molecule has 2 heterocycles. The topological polar surface area (TPSA) is 50.9 Å². The number of aromatic nitrogens is 1. The van der Waals surface area contributed by atoms with Crippen LogP contribution in [0.2, 0.25) is 0 Å². The lowest BCUT2D eigenvalue weighted by Gasteiger charge is -2.22. The van der Waals surface area contributed by atoms with Crippen molar-refractivity contribution in [2.45, 2.75) is 12.8 Å². The SMILES string of the molecule is NC(=S)c1cc(NCC2CCSCC2)ccn1. The van der Waals surface area contributed by atoms with Gasteiger partial charge in [0.2, 0.25) is 0 Å². The minimum absolute atomic E-state index is 0.350. The Balaban J connectivity index is 1.89. The summed E-state index contributed by atoms with van der Waals surface area (Å²) in [5, 5.41) is 3.45. The third-order valence-corrected chi connectivity index (χ3v) is 4.21. The standard InChI is InChI=1S/C12H17N3S2/c13-12(16)11-7-10(1-4-14-11)15-8-9-2-5-17-6-3-9/h1,4,7,9H,2-3,5-6,8H2,(H2,13,16)(H,14,15). The first kappa shape index (κ1) is 12.6. The van der Waals surface area contributed by atoms with Crippen LogP contribution in [0.15, 0.2) is 18.3 Å². The highest BCUT2D eigenvalue weighted by Gasteiger charge is 2.13. The molecule has 0 aliphatic carbocycles. The summed E-state index contributed by atoms with van der Waals surface area (Å²) >= 11 is 6.97. The van der Waals surface area contributed by atoms with Gasteiger partial charge in [-0.25, -0.2) is 0 Å². The van der Waals surface area contributed by atoms with Crippen LogP contribution in [0.1, 0.15) is 18.5 Å². The Bertz CT molecular complexity index is 389. The second-order valence-electron chi connectivity index (χ2n) is 4.23. The Morgan fingerprint density at radius 3 is 3.00 bits per heavy atom. The van der Waals surface area contributed by atoms with E-state index in [0.29, 0.717) is 10.7 Å². The van der Waals surface area contributed by atoms with Crippen LogP contribution in [0.5, 0.6) is 0 Å². The van der Waals surface area contributed by atoms with Crippen LogP contribution in [0.3, 0.4) is 0 Å². The fraction of sp³-hybridized carbons (Fsp3) is 0.500. The Labute approximate surface area is 112 Å². The molecule has 1 saturated heterocycles. The van der Waals surface area contributed by atoms with Crippen LogP contribution in [0.25, 0.3) is 0 Å². The summed E-state index contributed by atoms with van der Waals surface area (Å²) in [6.45, 7) is 1.03. The molecule has 0 saturated carbocycles. The van der Waals surface area contributed by atoms with E-state index in [0.717, 1.165) is 18.2 Å². The van der Waals surface area contributed by atoms with Gasteiger partial charge >= 0.3 is 0 Å². The fourth-order valence-electron chi connectivity index (χ4n) is 1.89. The van der Waals surface area contributed by atoms with Gasteiger partial charge in [-0.1, -0.05) is 12.2 Å². The number of anilines is 1. The lowest BCUT2D eigenvalue weighted by molar-refractivity contribution is 0.516. The van der Waals surface area contributed by atoms with Crippen LogP contribution >= 0.6 is 24.0 Å². The van der Waals surface area contributed by atoms with Gasteiger partial charge in [-0.3, -0.25) is 4.98 Å². The van der Waals surface area contributed by atoms with Crippen LogP contribution in [0, 0.1) is 5.92 Å². The summed E-state index contributed by atoms with van der Waals surface area (Å²) in [5.41, 5.74) is 7.30. The molecule has 0 atom stereocenters. The van der Waals surface area contributed by atoms with Gasteiger partial charge in [-0.05, 0) is 42.4 Å². The molecule has 0 radical (unpaired) electrons. The van der Waals surface area contributed by atoms with Gasteiger partial charge in [0.25, 0.3) is 0 Å². The molecular formula is C12H17N3S2. The third kappa shape index (κ3) is 3.85. The van der Waals surface area contributed by atoms with E-state index < -0.39 is 0 Å². The fourth-order valence-corrected chi connectivity index (χ4v) is 3.20. The van der Waals surface area contributed by atoms with E-state index in [1.54, 1.807) is 6.20 Å². The molecule has 0 bridgehead atoms. The van der Waals surface area contributed by atoms with E-state index in [1.807, 2.05) is 12.1 Å². The zero-order valence-corrected chi connectivity index (χ0v) is 11.3. The van der Waals surface area contributed by atoms with E-state index in [4.69, 9.17) is 18.0 Å². The Morgan fingerprint density at radius 2 is 2.29 bits per heavy atom. The van der Waals surface area contributed by atoms with Crippen LogP contribution in [-0.2, 0) is 0 Å². The van der Waals surface area contributed by atoms with Crippen LogP contribution < -0.4 is 11.1 Å². The average Bonchev–Trinajstić information content (AvgIpc) is 2.38. The molecule has 3 nitrogen and oxygen atoms in total. The first-order valence-corrected chi connectivity index (χ1v) is 7.39. The Hall–Kier alpha value is -0.810. The molecule has 0 amide bonds. The largest absolute Gasteiger partial charge is 0.388 e. The van der Waals surface area contributed by atoms with E-state index >= 15 is 0 Å². The van der Waals surface area contributed by atoms with Gasteiger partial charge in [0.1, 0.15) is 4.99 Å². The van der Waals surface area contributed by atoms with Crippen molar-refractivity contribution in [3.63, 3.8) is 0 Å². The normalized spacial score (nSPS) is 16.7. The Kier molecular flexibility index (Phi) is 4.62. The molecule has 0 unspecified atom stereocenters. The average molecular weight is 267 g/mol. The molecule has 1 aliphatic heterocycles. The third-order valence-electron chi connectivity index (χ3n) is 2.95. The van der Waals surface area contributed by atoms with E-state index in [1.165, 1.54) is 24.3 Å². The summed E-state index contributed by atoms with van der Waals surface area (Å²) in [5.74, 6) is 3.37. The number of nitrogens with one attached hydrogen (secondary N) is 1. The maximum absolute atomic E-state index is 5.56. The number of hydrogen-bond donors (Lipinski definition) is 2. The Morgan fingerprint density at radius 1 is 1.53 bits per heavy atom. The number of thiocarbonyl (C=S) groups is 1. The van der Waals surface area contributed by atoms with Crippen molar-refractivity contribution in [2.75, 3.05) is 23.4 Å². The minimum Gasteiger partial charge on any atom is -0.388 e. The van der Waals surface area contributed by atoms with Gasteiger partial charge in [0.05, 0.1) is 5.69 Å². The highest BCUT2D eigenvalue weighted by molar-refractivity contribution is 7.99. The number of thioether (sulfide) groups is 1. The van der Waals surface area contributed by atoms with Crippen molar-refractivity contribution in [3.8, 4) is 0 Å². The van der Waals surface area contributed by atoms with Gasteiger partial charge in [0.15, 0.2) is 0 Å². The van der Waals surface area contributed by atoms with Crippen molar-refractivity contribution in [1.82, 2.24) is 4.98 Å². The number of rotatable bonds is 4. The number of nitrogens with zero attached hydrogens (tertiary/aromatic N) is 1. The van der Waals surface area contributed by atoms with Crippen molar-refractivity contribution in [3.05, 3.63) is 24.0 Å². The molecule has 3 N–H and O–H groups in total. The molecule has 5 heteroatoms. The zero-order valence-electron chi connectivity index (χ0n) is 9.69. The van der Waals surface area contributed by atoms with E-state index in [9.17, 15) is 0 Å². The lowest BCUT2D eigenvalue weighted by Crippen LogP contribution is -2.19. The quantitative estimate of drug-likeness (QED) is 0.820. The second kappa shape index (κ2) is 6.21. The van der Waals surface area contributed by atoms with Gasteiger partial charge in [-0.2, -0.15) is 11.8 Å². The molecule has 2 rings (SSSR count). The molecular weight excluding hydrogens is 250 g/mol. The van der Waals surface area contributed by atoms with E-state index in [2.05, 4.69) is 22.1 Å². The van der Waals surface area contributed by atoms with Crippen LogP contribution in [-0.4, -0.2) is 28.0 Å².